The molecule has 2 fully saturated rings. The lowest BCUT2D eigenvalue weighted by Gasteiger charge is -2.30. The van der Waals surface area contributed by atoms with Crippen LogP contribution in [0.15, 0.2) is 0 Å². The summed E-state index contributed by atoms with van der Waals surface area (Å²) in [5.41, 5.74) is -0.645. The zero-order valence-electron chi connectivity index (χ0n) is 12.5. The monoisotopic (exact) mass is 270 g/mol. The Bertz CT molecular complexity index is 332. The van der Waals surface area contributed by atoms with E-state index in [2.05, 4.69) is 5.32 Å². The van der Waals surface area contributed by atoms with Crippen LogP contribution in [-0.4, -0.2) is 48.1 Å². The van der Waals surface area contributed by atoms with Crippen molar-refractivity contribution in [1.82, 2.24) is 10.2 Å². The highest BCUT2D eigenvalue weighted by molar-refractivity contribution is 5.68. The molecular formula is C14H26N2O3. The predicted octanol–water partition coefficient (Wildman–Crippen LogP) is 2.11. The van der Waals surface area contributed by atoms with Gasteiger partial charge in [-0.1, -0.05) is 0 Å². The number of carbonyl (C=O) groups is 1. The average molecular weight is 270 g/mol. The Balaban J connectivity index is 1.97. The Labute approximate surface area is 115 Å². The van der Waals surface area contributed by atoms with Gasteiger partial charge in [0.05, 0.1) is 12.6 Å². The van der Waals surface area contributed by atoms with Crippen LogP contribution in [-0.2, 0) is 9.47 Å². The van der Waals surface area contributed by atoms with Crippen molar-refractivity contribution in [3.63, 3.8) is 0 Å². The Kier molecular flexibility index (Phi) is 4.06. The van der Waals surface area contributed by atoms with Crippen LogP contribution in [0.25, 0.3) is 0 Å². The van der Waals surface area contributed by atoms with Crippen molar-refractivity contribution in [2.24, 2.45) is 0 Å². The van der Waals surface area contributed by atoms with E-state index in [1.807, 2.05) is 27.7 Å². The smallest absolute Gasteiger partial charge is 0.410 e. The van der Waals surface area contributed by atoms with E-state index in [9.17, 15) is 4.79 Å². The van der Waals surface area contributed by atoms with E-state index in [0.29, 0.717) is 13.2 Å². The maximum atomic E-state index is 12.2. The topological polar surface area (TPSA) is 50.8 Å². The molecule has 0 saturated carbocycles. The second kappa shape index (κ2) is 5.29. The largest absolute Gasteiger partial charge is 0.444 e. The van der Waals surface area contributed by atoms with Crippen molar-refractivity contribution in [2.75, 3.05) is 19.7 Å². The van der Waals surface area contributed by atoms with Crippen LogP contribution >= 0.6 is 0 Å². The van der Waals surface area contributed by atoms with Crippen molar-refractivity contribution in [2.45, 2.75) is 64.3 Å². The number of rotatable bonds is 2. The standard InChI is InChI=1S/C14H26N2O3/c1-5-16(12(17)19-13(2,3)4)11-9-14(18-10-11)7-6-8-15-14/h11,15H,5-10H2,1-4H3/t11-,14+/m0/s1. The second-order valence-electron chi connectivity index (χ2n) is 6.46. The first kappa shape index (κ1) is 14.6. The molecular weight excluding hydrogens is 244 g/mol. The molecule has 0 unspecified atom stereocenters. The molecule has 0 aromatic heterocycles. The summed E-state index contributed by atoms with van der Waals surface area (Å²) >= 11 is 0. The molecule has 0 radical (unpaired) electrons. The van der Waals surface area contributed by atoms with Gasteiger partial charge in [-0.2, -0.15) is 0 Å². The number of amides is 1. The normalized spacial score (nSPS) is 30.8. The summed E-state index contributed by atoms with van der Waals surface area (Å²) in [5.74, 6) is 0. The first-order valence-electron chi connectivity index (χ1n) is 7.24. The van der Waals surface area contributed by atoms with Crippen LogP contribution in [0.1, 0.15) is 47.0 Å². The third kappa shape index (κ3) is 3.39. The van der Waals surface area contributed by atoms with Gasteiger partial charge in [0, 0.05) is 13.0 Å². The van der Waals surface area contributed by atoms with E-state index in [1.54, 1.807) is 4.90 Å². The van der Waals surface area contributed by atoms with Crippen LogP contribution in [0.4, 0.5) is 4.79 Å². The minimum absolute atomic E-state index is 0.116. The van der Waals surface area contributed by atoms with Crippen LogP contribution < -0.4 is 5.32 Å². The van der Waals surface area contributed by atoms with Gasteiger partial charge in [-0.3, -0.25) is 5.32 Å². The third-order valence-electron chi connectivity index (χ3n) is 3.73. The fourth-order valence-corrected chi connectivity index (χ4v) is 2.89. The van der Waals surface area contributed by atoms with E-state index in [1.165, 1.54) is 0 Å². The summed E-state index contributed by atoms with van der Waals surface area (Å²) in [6, 6.07) is 0.116. The molecule has 5 nitrogen and oxygen atoms in total. The van der Waals surface area contributed by atoms with E-state index < -0.39 is 5.60 Å². The molecule has 2 aliphatic rings. The molecule has 2 atom stereocenters. The molecule has 0 aromatic rings. The lowest BCUT2D eigenvalue weighted by molar-refractivity contribution is -0.0113. The number of nitrogens with one attached hydrogen (secondary N) is 1. The molecule has 1 spiro atoms. The molecule has 110 valence electrons. The molecule has 1 N–H and O–H groups in total. The molecule has 2 heterocycles. The first-order valence-corrected chi connectivity index (χ1v) is 7.24. The Morgan fingerprint density at radius 2 is 2.26 bits per heavy atom. The lowest BCUT2D eigenvalue weighted by atomic mass is 10.0. The van der Waals surface area contributed by atoms with Crippen molar-refractivity contribution < 1.29 is 14.3 Å². The quantitative estimate of drug-likeness (QED) is 0.835. The van der Waals surface area contributed by atoms with Crippen LogP contribution in [0.5, 0.6) is 0 Å². The molecule has 2 rings (SSSR count). The summed E-state index contributed by atoms with van der Waals surface area (Å²) in [6.45, 7) is 9.92. The Morgan fingerprint density at radius 3 is 2.79 bits per heavy atom. The molecule has 2 aliphatic heterocycles. The molecule has 5 heteroatoms. The Morgan fingerprint density at radius 1 is 1.53 bits per heavy atom. The number of carbonyl (C=O) groups excluding carboxylic acids is 1. The van der Waals surface area contributed by atoms with Gasteiger partial charge < -0.3 is 14.4 Å². The fraction of sp³-hybridized carbons (Fsp3) is 0.929. The summed E-state index contributed by atoms with van der Waals surface area (Å²) in [6.07, 6.45) is 2.81. The Hall–Kier alpha value is -0.810. The predicted molar refractivity (Wildman–Crippen MR) is 72.9 cm³/mol. The van der Waals surface area contributed by atoms with Gasteiger partial charge in [0.15, 0.2) is 0 Å². The van der Waals surface area contributed by atoms with Crippen LogP contribution in [0, 0.1) is 0 Å². The number of hydrogen-bond donors (Lipinski definition) is 1. The first-order chi connectivity index (χ1) is 8.85. The summed E-state index contributed by atoms with van der Waals surface area (Å²) in [4.78, 5) is 14.0. The number of hydrogen-bond acceptors (Lipinski definition) is 4. The van der Waals surface area contributed by atoms with Gasteiger partial charge in [-0.05, 0) is 47.1 Å². The average Bonchev–Trinajstić information content (AvgIpc) is 2.89. The third-order valence-corrected chi connectivity index (χ3v) is 3.73. The highest BCUT2D eigenvalue weighted by atomic mass is 16.6. The lowest BCUT2D eigenvalue weighted by Crippen LogP contribution is -2.45. The van der Waals surface area contributed by atoms with Gasteiger partial charge >= 0.3 is 6.09 Å². The van der Waals surface area contributed by atoms with E-state index in [4.69, 9.17) is 9.47 Å². The van der Waals surface area contributed by atoms with Gasteiger partial charge in [-0.15, -0.1) is 0 Å². The summed E-state index contributed by atoms with van der Waals surface area (Å²) in [5, 5.41) is 3.43. The molecule has 0 aromatic carbocycles. The van der Waals surface area contributed by atoms with E-state index in [0.717, 1.165) is 25.8 Å². The van der Waals surface area contributed by atoms with Gasteiger partial charge in [-0.25, -0.2) is 4.79 Å². The van der Waals surface area contributed by atoms with Crippen molar-refractivity contribution in [1.29, 1.82) is 0 Å². The van der Waals surface area contributed by atoms with Crippen molar-refractivity contribution in [3.05, 3.63) is 0 Å². The zero-order valence-corrected chi connectivity index (χ0v) is 12.5. The highest BCUT2D eigenvalue weighted by Gasteiger charge is 2.45. The maximum Gasteiger partial charge on any atom is 0.410 e. The van der Waals surface area contributed by atoms with Crippen LogP contribution in [0.2, 0.25) is 0 Å². The molecule has 0 bridgehead atoms. The minimum Gasteiger partial charge on any atom is -0.444 e. The molecule has 19 heavy (non-hydrogen) atoms. The molecule has 1 amide bonds. The highest BCUT2D eigenvalue weighted by Crippen LogP contribution is 2.34. The van der Waals surface area contributed by atoms with Crippen molar-refractivity contribution in [3.8, 4) is 0 Å². The SMILES string of the molecule is CCN(C(=O)OC(C)(C)C)[C@@H]1CO[C@]2(CCCN2)C1. The molecule has 0 aliphatic carbocycles. The second-order valence-corrected chi connectivity index (χ2v) is 6.46. The van der Waals surface area contributed by atoms with Gasteiger partial charge in [0.25, 0.3) is 0 Å². The zero-order chi connectivity index (χ0) is 14.1. The van der Waals surface area contributed by atoms with Crippen molar-refractivity contribution >= 4 is 6.09 Å². The maximum absolute atomic E-state index is 12.2. The molecule has 2 saturated heterocycles. The van der Waals surface area contributed by atoms with Gasteiger partial charge in [0.2, 0.25) is 0 Å². The summed E-state index contributed by atoms with van der Waals surface area (Å²) in [7, 11) is 0. The number of nitrogens with zero attached hydrogens (tertiary/aromatic N) is 1. The van der Waals surface area contributed by atoms with E-state index >= 15 is 0 Å². The van der Waals surface area contributed by atoms with Crippen LogP contribution in [0.3, 0.4) is 0 Å². The van der Waals surface area contributed by atoms with Gasteiger partial charge in [0.1, 0.15) is 11.3 Å². The summed E-state index contributed by atoms with van der Waals surface area (Å²) < 4.78 is 11.4. The number of ether oxygens (including phenoxy) is 2. The minimum atomic E-state index is -0.451. The van der Waals surface area contributed by atoms with E-state index in [-0.39, 0.29) is 17.9 Å². The number of likely N-dealkylation sites (N-methyl/N-ethyl adjacent to an activating group) is 1. The fourth-order valence-electron chi connectivity index (χ4n) is 2.89.